The van der Waals surface area contributed by atoms with E-state index in [-0.39, 0.29) is 21.7 Å². The maximum atomic E-state index is 2.48. The summed E-state index contributed by atoms with van der Waals surface area (Å²) in [7, 11) is 0. The number of benzene rings is 9. The van der Waals surface area contributed by atoms with Gasteiger partial charge in [0.1, 0.15) is 0 Å². The first kappa shape index (κ1) is 39.4. The molecule has 66 heavy (non-hydrogen) atoms. The second-order valence-corrected chi connectivity index (χ2v) is 21.7. The van der Waals surface area contributed by atoms with Gasteiger partial charge in [-0.1, -0.05) is 201 Å². The summed E-state index contributed by atoms with van der Waals surface area (Å²) >= 11 is 0. The Morgan fingerprint density at radius 2 is 0.379 bits per heavy atom. The maximum absolute atomic E-state index is 2.48. The van der Waals surface area contributed by atoms with Crippen molar-refractivity contribution in [2.24, 2.45) is 0 Å². The minimum Gasteiger partial charge on any atom is -0.0619 e. The predicted molar refractivity (Wildman–Crippen MR) is 278 cm³/mol. The van der Waals surface area contributed by atoms with E-state index in [0.717, 1.165) is 0 Å². The minimum absolute atomic E-state index is 0.0228. The Hall–Kier alpha value is -7.02. The highest BCUT2D eigenvalue weighted by Gasteiger charge is 2.40. The van der Waals surface area contributed by atoms with E-state index in [2.05, 4.69) is 237 Å². The van der Waals surface area contributed by atoms with E-state index in [4.69, 9.17) is 0 Å². The van der Waals surface area contributed by atoms with Crippen molar-refractivity contribution in [3.05, 3.63) is 226 Å². The second-order valence-electron chi connectivity index (χ2n) is 21.7. The molecule has 0 unspecified atom stereocenters. The van der Waals surface area contributed by atoms with Crippen molar-refractivity contribution < 1.29 is 0 Å². The standard InChI is InChI=1S/C66H54/c1-63(2)55-19-13-11-17-47(55)49-27-21-39(33-57(49)63)40-22-28-51-52-29-23-41(35-59(52)65(5,6)58(51)34-40)42-24-30-53-54-32-26-44(38-62(54)66(7,8)60(53)36-42)46-16-10-9-15-45(46)43-25-31-50-48-18-12-14-20-56(48)64(3,4)61(50)37-43/h9-38H,1-8H3. The summed E-state index contributed by atoms with van der Waals surface area (Å²) in [6.45, 7) is 19.1. The van der Waals surface area contributed by atoms with Crippen LogP contribution in [0.1, 0.15) is 99.9 Å². The maximum Gasteiger partial charge on any atom is 0.0159 e. The summed E-state index contributed by atoms with van der Waals surface area (Å²) in [6, 6.07) is 69.9. The zero-order valence-electron chi connectivity index (χ0n) is 39.3. The summed E-state index contributed by atoms with van der Waals surface area (Å²) in [5.74, 6) is 0. The molecule has 9 aromatic rings. The van der Waals surface area contributed by atoms with E-state index in [9.17, 15) is 0 Å². The number of rotatable bonds is 4. The van der Waals surface area contributed by atoms with Gasteiger partial charge < -0.3 is 0 Å². The molecular weight excluding hydrogens is 793 g/mol. The van der Waals surface area contributed by atoms with Crippen molar-refractivity contribution in [3.63, 3.8) is 0 Å². The van der Waals surface area contributed by atoms with Gasteiger partial charge >= 0.3 is 0 Å². The van der Waals surface area contributed by atoms with Crippen LogP contribution in [0, 0.1) is 0 Å². The smallest absolute Gasteiger partial charge is 0.0159 e. The largest absolute Gasteiger partial charge is 0.0619 e. The molecule has 0 N–H and O–H groups in total. The van der Waals surface area contributed by atoms with Gasteiger partial charge in [0, 0.05) is 21.7 Å². The molecule has 13 rings (SSSR count). The molecule has 0 aliphatic heterocycles. The molecule has 0 saturated carbocycles. The Morgan fingerprint density at radius 3 is 0.667 bits per heavy atom. The Bertz CT molecular complexity index is 3580. The molecule has 0 amide bonds. The lowest BCUT2D eigenvalue weighted by molar-refractivity contribution is 0.659. The third-order valence-electron chi connectivity index (χ3n) is 16.7. The quantitative estimate of drug-likeness (QED) is 0.166. The summed E-state index contributed by atoms with van der Waals surface area (Å²) in [6.07, 6.45) is 0. The minimum atomic E-state index is -0.160. The first-order chi connectivity index (χ1) is 31.7. The zero-order valence-corrected chi connectivity index (χ0v) is 39.3. The van der Waals surface area contributed by atoms with Gasteiger partial charge in [-0.3, -0.25) is 0 Å². The highest BCUT2D eigenvalue weighted by Crippen LogP contribution is 2.55. The van der Waals surface area contributed by atoms with E-state index in [0.29, 0.717) is 0 Å². The van der Waals surface area contributed by atoms with E-state index in [1.165, 1.54) is 134 Å². The van der Waals surface area contributed by atoms with Crippen LogP contribution in [-0.4, -0.2) is 0 Å². The van der Waals surface area contributed by atoms with Crippen molar-refractivity contribution >= 4 is 0 Å². The predicted octanol–water partition coefficient (Wildman–Crippen LogP) is 17.6. The van der Waals surface area contributed by atoms with Crippen LogP contribution in [0.25, 0.3) is 89.0 Å². The lowest BCUT2D eigenvalue weighted by atomic mass is 9.79. The summed E-state index contributed by atoms with van der Waals surface area (Å²) in [5.41, 5.74) is 32.0. The third-order valence-corrected chi connectivity index (χ3v) is 16.7. The van der Waals surface area contributed by atoms with Gasteiger partial charge in [0.05, 0.1) is 0 Å². The van der Waals surface area contributed by atoms with Crippen LogP contribution >= 0.6 is 0 Å². The molecule has 0 fully saturated rings. The Kier molecular flexibility index (Phi) is 7.93. The lowest BCUT2D eigenvalue weighted by Crippen LogP contribution is -2.16. The molecular formula is C66H54. The number of fused-ring (bicyclic) bond motifs is 12. The molecule has 0 heterocycles. The number of hydrogen-bond donors (Lipinski definition) is 0. The van der Waals surface area contributed by atoms with Crippen LogP contribution in [0.4, 0.5) is 0 Å². The van der Waals surface area contributed by atoms with E-state index in [1.54, 1.807) is 0 Å². The monoisotopic (exact) mass is 846 g/mol. The highest BCUT2D eigenvalue weighted by molar-refractivity contribution is 5.92. The summed E-state index contributed by atoms with van der Waals surface area (Å²) < 4.78 is 0. The molecule has 9 aromatic carbocycles. The molecule has 0 spiro atoms. The van der Waals surface area contributed by atoms with E-state index >= 15 is 0 Å². The van der Waals surface area contributed by atoms with Crippen molar-refractivity contribution in [1.82, 2.24) is 0 Å². The van der Waals surface area contributed by atoms with Crippen molar-refractivity contribution in [3.8, 4) is 89.0 Å². The fourth-order valence-corrected chi connectivity index (χ4v) is 12.9. The number of hydrogen-bond acceptors (Lipinski definition) is 0. The van der Waals surface area contributed by atoms with Crippen LogP contribution in [0.3, 0.4) is 0 Å². The van der Waals surface area contributed by atoms with Gasteiger partial charge in [-0.2, -0.15) is 0 Å². The van der Waals surface area contributed by atoms with Crippen LogP contribution in [0.15, 0.2) is 182 Å². The molecule has 318 valence electrons. The van der Waals surface area contributed by atoms with Gasteiger partial charge in [-0.25, -0.2) is 0 Å². The van der Waals surface area contributed by atoms with Gasteiger partial charge in [0.15, 0.2) is 0 Å². The van der Waals surface area contributed by atoms with E-state index in [1.807, 2.05) is 0 Å². The molecule has 0 saturated heterocycles. The first-order valence-corrected chi connectivity index (χ1v) is 23.9. The van der Waals surface area contributed by atoms with Gasteiger partial charge in [0.2, 0.25) is 0 Å². The average Bonchev–Trinajstić information content (AvgIpc) is 3.90. The molecule has 0 aromatic heterocycles. The first-order valence-electron chi connectivity index (χ1n) is 23.9. The van der Waals surface area contributed by atoms with Crippen LogP contribution in [-0.2, 0) is 21.7 Å². The molecule has 0 radical (unpaired) electrons. The topological polar surface area (TPSA) is 0 Å². The average molecular weight is 847 g/mol. The SMILES string of the molecule is CC1(C)c2ccccc2-c2ccc(-c3ccc4c(c3)C(C)(C)c3cc(-c5ccc6c(c5)C(C)(C)c5cc(-c7ccccc7-c7ccc8c(c7)C(C)(C)c7ccccc7-8)ccc5-6)ccc3-4)cc21. The fourth-order valence-electron chi connectivity index (χ4n) is 12.9. The molecule has 0 bridgehead atoms. The van der Waals surface area contributed by atoms with Crippen molar-refractivity contribution in [2.75, 3.05) is 0 Å². The zero-order chi connectivity index (χ0) is 45.1. The lowest BCUT2D eigenvalue weighted by Gasteiger charge is -2.24. The van der Waals surface area contributed by atoms with Crippen LogP contribution in [0.2, 0.25) is 0 Å². The van der Waals surface area contributed by atoms with Crippen molar-refractivity contribution in [2.45, 2.75) is 77.0 Å². The molecule has 0 heteroatoms. The second kappa shape index (κ2) is 13.3. The van der Waals surface area contributed by atoms with Crippen molar-refractivity contribution in [1.29, 1.82) is 0 Å². The summed E-state index contributed by atoms with van der Waals surface area (Å²) in [5, 5.41) is 0. The fraction of sp³-hybridized carbons (Fsp3) is 0.182. The summed E-state index contributed by atoms with van der Waals surface area (Å²) in [4.78, 5) is 0. The third kappa shape index (κ3) is 5.28. The van der Waals surface area contributed by atoms with Crippen LogP contribution in [0.5, 0.6) is 0 Å². The Labute approximate surface area is 390 Å². The molecule has 0 atom stereocenters. The van der Waals surface area contributed by atoms with Gasteiger partial charge in [-0.05, 0) is 170 Å². The molecule has 4 aliphatic rings. The Morgan fingerprint density at radius 1 is 0.182 bits per heavy atom. The van der Waals surface area contributed by atoms with Crippen LogP contribution < -0.4 is 0 Å². The van der Waals surface area contributed by atoms with Gasteiger partial charge in [0.25, 0.3) is 0 Å². The Balaban J connectivity index is 0.815. The molecule has 0 nitrogen and oxygen atoms in total. The normalized spacial score (nSPS) is 16.4. The highest BCUT2D eigenvalue weighted by atomic mass is 14.4. The van der Waals surface area contributed by atoms with E-state index < -0.39 is 0 Å². The van der Waals surface area contributed by atoms with Gasteiger partial charge in [-0.15, -0.1) is 0 Å². The molecule has 4 aliphatic carbocycles.